The van der Waals surface area contributed by atoms with Crippen LogP contribution in [0.2, 0.25) is 0 Å². The van der Waals surface area contributed by atoms with E-state index in [1.54, 1.807) is 11.3 Å². The molecule has 5 heteroatoms. The molecule has 1 aliphatic heterocycles. The zero-order valence-electron chi connectivity index (χ0n) is 15.4. The second-order valence-corrected chi connectivity index (χ2v) is 8.69. The molecule has 1 fully saturated rings. The van der Waals surface area contributed by atoms with Crippen LogP contribution >= 0.6 is 11.3 Å². The number of aryl methyl sites for hydroxylation is 2. The molecule has 0 radical (unpaired) electrons. The molecule has 1 saturated heterocycles. The molecule has 1 N–H and O–H groups in total. The van der Waals surface area contributed by atoms with Gasteiger partial charge < -0.3 is 10.2 Å². The highest BCUT2D eigenvalue weighted by Crippen LogP contribution is 2.22. The van der Waals surface area contributed by atoms with Crippen LogP contribution in [0.1, 0.15) is 59.6 Å². The van der Waals surface area contributed by atoms with Gasteiger partial charge in [-0.2, -0.15) is 0 Å². The van der Waals surface area contributed by atoms with Gasteiger partial charge in [-0.25, -0.2) is 0 Å². The van der Waals surface area contributed by atoms with Gasteiger partial charge in [0.15, 0.2) is 5.78 Å². The summed E-state index contributed by atoms with van der Waals surface area (Å²) in [6.07, 6.45) is 3.11. The number of thiophene rings is 1. The second kappa shape index (κ2) is 8.77. The zero-order chi connectivity index (χ0) is 17.7. The molecular weight excluding hydrogens is 320 g/mol. The summed E-state index contributed by atoms with van der Waals surface area (Å²) in [5.74, 6) is 0.798. The lowest BCUT2D eigenvalue weighted by molar-refractivity contribution is -0.121. The molecule has 1 aromatic rings. The maximum absolute atomic E-state index is 12.2. The van der Waals surface area contributed by atoms with Crippen molar-refractivity contribution >= 4 is 23.0 Å². The van der Waals surface area contributed by atoms with Crippen molar-refractivity contribution in [3.8, 4) is 0 Å². The summed E-state index contributed by atoms with van der Waals surface area (Å²) in [7, 11) is 0. The maximum Gasteiger partial charge on any atom is 0.220 e. The van der Waals surface area contributed by atoms with Gasteiger partial charge in [0.05, 0.1) is 0 Å². The summed E-state index contributed by atoms with van der Waals surface area (Å²) in [6, 6.07) is 2.06. The molecule has 2 heterocycles. The number of Topliss-reactive ketones (excluding diaryl/α,β-unsaturated/α-hetero) is 1. The van der Waals surface area contributed by atoms with Gasteiger partial charge in [0, 0.05) is 47.3 Å². The fraction of sp³-hybridized carbons (Fsp3) is 0.684. The number of carbonyl (C=O) groups excluding carboxylic acids is 2. The highest BCUT2D eigenvalue weighted by atomic mass is 32.1. The highest BCUT2D eigenvalue weighted by molar-refractivity contribution is 7.12. The third-order valence-corrected chi connectivity index (χ3v) is 5.57. The minimum Gasteiger partial charge on any atom is -0.352 e. The SMILES string of the molecule is Cc1cc(C(=O)CCC(=O)NC(C)CN2CCCC(C)C2)c(C)s1. The normalized spacial score (nSPS) is 19.9. The van der Waals surface area contributed by atoms with E-state index in [1.165, 1.54) is 12.8 Å². The van der Waals surface area contributed by atoms with Crippen molar-refractivity contribution in [2.45, 2.75) is 59.4 Å². The minimum atomic E-state index is -0.0227. The van der Waals surface area contributed by atoms with E-state index >= 15 is 0 Å². The number of nitrogens with zero attached hydrogens (tertiary/aromatic N) is 1. The molecule has 0 aliphatic carbocycles. The van der Waals surface area contributed by atoms with E-state index in [9.17, 15) is 9.59 Å². The highest BCUT2D eigenvalue weighted by Gasteiger charge is 2.19. The number of nitrogens with one attached hydrogen (secondary N) is 1. The molecule has 0 bridgehead atoms. The van der Waals surface area contributed by atoms with Crippen molar-refractivity contribution in [2.75, 3.05) is 19.6 Å². The molecule has 134 valence electrons. The summed E-state index contributed by atoms with van der Waals surface area (Å²) in [5.41, 5.74) is 0.778. The quantitative estimate of drug-likeness (QED) is 0.765. The van der Waals surface area contributed by atoms with Gasteiger partial charge in [-0.05, 0) is 52.1 Å². The average Bonchev–Trinajstić information content (AvgIpc) is 2.83. The van der Waals surface area contributed by atoms with Gasteiger partial charge in [-0.3, -0.25) is 9.59 Å². The Morgan fingerprint density at radius 1 is 1.38 bits per heavy atom. The molecule has 2 atom stereocenters. The van der Waals surface area contributed by atoms with Gasteiger partial charge >= 0.3 is 0 Å². The van der Waals surface area contributed by atoms with Crippen molar-refractivity contribution in [1.29, 1.82) is 0 Å². The van der Waals surface area contributed by atoms with Crippen LogP contribution in [0.4, 0.5) is 0 Å². The lowest BCUT2D eigenvalue weighted by atomic mass is 10.00. The minimum absolute atomic E-state index is 0.0227. The molecule has 1 amide bonds. The van der Waals surface area contributed by atoms with E-state index in [1.807, 2.05) is 26.8 Å². The third kappa shape index (κ3) is 5.71. The van der Waals surface area contributed by atoms with Gasteiger partial charge in [0.2, 0.25) is 5.91 Å². The van der Waals surface area contributed by atoms with Crippen molar-refractivity contribution < 1.29 is 9.59 Å². The first kappa shape index (κ1) is 19.1. The second-order valence-electron chi connectivity index (χ2n) is 7.23. The van der Waals surface area contributed by atoms with Crippen LogP contribution in [-0.2, 0) is 4.79 Å². The molecule has 2 unspecified atom stereocenters. The van der Waals surface area contributed by atoms with E-state index in [2.05, 4.69) is 17.1 Å². The van der Waals surface area contributed by atoms with Crippen LogP contribution in [0.15, 0.2) is 6.07 Å². The summed E-state index contributed by atoms with van der Waals surface area (Å²) >= 11 is 1.64. The number of carbonyl (C=O) groups is 2. The van der Waals surface area contributed by atoms with Crippen LogP contribution < -0.4 is 5.32 Å². The van der Waals surface area contributed by atoms with E-state index in [-0.39, 0.29) is 30.6 Å². The van der Waals surface area contributed by atoms with E-state index in [0.717, 1.165) is 40.9 Å². The summed E-state index contributed by atoms with van der Waals surface area (Å²) < 4.78 is 0. The molecule has 0 spiro atoms. The van der Waals surface area contributed by atoms with Gasteiger partial charge in [-0.1, -0.05) is 6.92 Å². The standard InChI is InChI=1S/C19H30N2O2S/c1-13-6-5-9-21(11-13)12-14(2)20-19(23)8-7-18(22)17-10-15(3)24-16(17)4/h10,13-14H,5-9,11-12H2,1-4H3,(H,20,23). The number of hydrogen-bond donors (Lipinski definition) is 1. The van der Waals surface area contributed by atoms with Crippen LogP contribution in [0.3, 0.4) is 0 Å². The van der Waals surface area contributed by atoms with Crippen LogP contribution in [-0.4, -0.2) is 42.3 Å². The largest absolute Gasteiger partial charge is 0.352 e. The Bertz CT molecular complexity index is 582. The van der Waals surface area contributed by atoms with Crippen LogP contribution in [0, 0.1) is 19.8 Å². The number of likely N-dealkylation sites (tertiary alicyclic amines) is 1. The molecule has 0 saturated carbocycles. The lowest BCUT2D eigenvalue weighted by Crippen LogP contribution is -2.45. The fourth-order valence-corrected chi connectivity index (χ4v) is 4.44. The van der Waals surface area contributed by atoms with Crippen LogP contribution in [0.5, 0.6) is 0 Å². The third-order valence-electron chi connectivity index (χ3n) is 4.60. The number of hydrogen-bond acceptors (Lipinski definition) is 4. The Labute approximate surface area is 149 Å². The first-order chi connectivity index (χ1) is 11.3. The van der Waals surface area contributed by atoms with Gasteiger partial charge in [0.1, 0.15) is 0 Å². The van der Waals surface area contributed by atoms with Crippen molar-refractivity contribution in [3.63, 3.8) is 0 Å². The monoisotopic (exact) mass is 350 g/mol. The predicted molar refractivity (Wildman–Crippen MR) is 99.8 cm³/mol. The first-order valence-electron chi connectivity index (χ1n) is 8.97. The Balaban J connectivity index is 1.72. The molecule has 1 aromatic heterocycles. The summed E-state index contributed by atoms with van der Waals surface area (Å²) in [5, 5.41) is 3.04. The molecule has 0 aromatic carbocycles. The Kier molecular flexibility index (Phi) is 6.99. The topological polar surface area (TPSA) is 49.4 Å². The number of piperidine rings is 1. The first-order valence-corrected chi connectivity index (χ1v) is 9.78. The average molecular weight is 351 g/mol. The van der Waals surface area contributed by atoms with Crippen molar-refractivity contribution in [1.82, 2.24) is 10.2 Å². The Morgan fingerprint density at radius 3 is 2.75 bits per heavy atom. The predicted octanol–water partition coefficient (Wildman–Crippen LogP) is 3.56. The van der Waals surface area contributed by atoms with Gasteiger partial charge in [0.25, 0.3) is 0 Å². The molecule has 2 rings (SSSR count). The summed E-state index contributed by atoms with van der Waals surface area (Å²) in [4.78, 5) is 29.0. The number of amides is 1. The maximum atomic E-state index is 12.2. The number of ketones is 1. The molecule has 1 aliphatic rings. The Morgan fingerprint density at radius 2 is 2.12 bits per heavy atom. The lowest BCUT2D eigenvalue weighted by Gasteiger charge is -2.32. The van der Waals surface area contributed by atoms with Crippen molar-refractivity contribution in [2.24, 2.45) is 5.92 Å². The molecule has 4 nitrogen and oxygen atoms in total. The van der Waals surface area contributed by atoms with E-state index in [4.69, 9.17) is 0 Å². The van der Waals surface area contributed by atoms with E-state index in [0.29, 0.717) is 0 Å². The molecule has 24 heavy (non-hydrogen) atoms. The number of rotatable bonds is 7. The Hall–Kier alpha value is -1.20. The molecular formula is C19H30N2O2S. The zero-order valence-corrected chi connectivity index (χ0v) is 16.2. The van der Waals surface area contributed by atoms with E-state index < -0.39 is 0 Å². The van der Waals surface area contributed by atoms with Crippen LogP contribution in [0.25, 0.3) is 0 Å². The van der Waals surface area contributed by atoms with Gasteiger partial charge in [-0.15, -0.1) is 11.3 Å². The summed E-state index contributed by atoms with van der Waals surface area (Å²) in [6.45, 7) is 11.4. The smallest absolute Gasteiger partial charge is 0.220 e. The van der Waals surface area contributed by atoms with Crippen molar-refractivity contribution in [3.05, 3.63) is 21.4 Å². The fourth-order valence-electron chi connectivity index (χ4n) is 3.50.